The van der Waals surface area contributed by atoms with Gasteiger partial charge in [0.15, 0.2) is 0 Å². The van der Waals surface area contributed by atoms with E-state index in [4.69, 9.17) is 23.2 Å². The van der Waals surface area contributed by atoms with Gasteiger partial charge in [-0.05, 0) is 36.4 Å². The summed E-state index contributed by atoms with van der Waals surface area (Å²) in [6, 6.07) is 13.3. The summed E-state index contributed by atoms with van der Waals surface area (Å²) in [6.45, 7) is 2.48. The first-order chi connectivity index (χ1) is 13.4. The van der Waals surface area contributed by atoms with Crippen LogP contribution in [-0.2, 0) is 14.8 Å². The van der Waals surface area contributed by atoms with Gasteiger partial charge in [0.05, 0.1) is 15.6 Å². The molecule has 3 rings (SSSR count). The third-order valence-electron chi connectivity index (χ3n) is 4.59. The predicted molar refractivity (Wildman–Crippen MR) is 111 cm³/mol. The number of piperazine rings is 1. The smallest absolute Gasteiger partial charge is 0.243 e. The monoisotopic (exact) mass is 441 g/mol. The quantitative estimate of drug-likeness (QED) is 0.745. The van der Waals surface area contributed by atoms with Gasteiger partial charge < -0.3 is 10.2 Å². The van der Waals surface area contributed by atoms with E-state index in [1.165, 1.54) is 16.4 Å². The minimum atomic E-state index is -3.52. The number of halogens is 2. The molecular weight excluding hydrogens is 421 g/mol. The molecule has 9 heteroatoms. The number of sulfonamides is 1. The van der Waals surface area contributed by atoms with Gasteiger partial charge in [-0.3, -0.25) is 4.79 Å². The van der Waals surface area contributed by atoms with Gasteiger partial charge in [-0.15, -0.1) is 0 Å². The first-order valence-corrected chi connectivity index (χ1v) is 11.1. The Morgan fingerprint density at radius 3 is 2.25 bits per heavy atom. The number of amides is 1. The summed E-state index contributed by atoms with van der Waals surface area (Å²) in [5.41, 5.74) is 0.591. The molecule has 28 heavy (non-hydrogen) atoms. The highest BCUT2D eigenvalue weighted by Crippen LogP contribution is 2.21. The molecule has 1 aliphatic rings. The Hall–Kier alpha value is -1.64. The van der Waals surface area contributed by atoms with E-state index in [0.29, 0.717) is 54.9 Å². The lowest BCUT2D eigenvalue weighted by atomic mass is 10.3. The minimum Gasteiger partial charge on any atom is -0.325 e. The van der Waals surface area contributed by atoms with Gasteiger partial charge in [0.1, 0.15) is 0 Å². The molecule has 1 heterocycles. The summed E-state index contributed by atoms with van der Waals surface area (Å²) in [5, 5.41) is 3.79. The van der Waals surface area contributed by atoms with E-state index in [0.717, 1.165) is 0 Å². The molecule has 6 nitrogen and oxygen atoms in total. The van der Waals surface area contributed by atoms with Crippen LogP contribution in [0, 0.1) is 0 Å². The average Bonchev–Trinajstić information content (AvgIpc) is 2.69. The number of carbonyl (C=O) groups is 1. The van der Waals surface area contributed by atoms with Gasteiger partial charge in [-0.2, -0.15) is 4.31 Å². The molecule has 0 aliphatic carbocycles. The summed E-state index contributed by atoms with van der Waals surface area (Å²) < 4.78 is 26.9. The number of carbonyl (C=O) groups excluding carboxylic acids is 1. The van der Waals surface area contributed by atoms with Crippen LogP contribution in [-0.4, -0.2) is 56.3 Å². The number of para-hydroxylation sites is 1. The molecule has 0 saturated carbocycles. The van der Waals surface area contributed by atoms with Crippen LogP contribution in [0.15, 0.2) is 53.4 Å². The highest BCUT2D eigenvalue weighted by molar-refractivity contribution is 7.89. The van der Waals surface area contributed by atoms with Crippen molar-refractivity contribution < 1.29 is 13.2 Å². The van der Waals surface area contributed by atoms with Crippen LogP contribution < -0.4 is 5.32 Å². The van der Waals surface area contributed by atoms with Crippen molar-refractivity contribution in [1.29, 1.82) is 0 Å². The Bertz CT molecular complexity index is 928. The van der Waals surface area contributed by atoms with Crippen LogP contribution in [0.2, 0.25) is 10.0 Å². The van der Waals surface area contributed by atoms with Gasteiger partial charge in [-0.1, -0.05) is 35.3 Å². The van der Waals surface area contributed by atoms with Crippen molar-refractivity contribution in [2.75, 3.05) is 38.0 Å². The molecule has 0 radical (unpaired) electrons. The standard InChI is InChI=1S/C19H21Cl2N3O3S/c20-15-5-7-16(8-6-15)28(26,27)24-13-11-23(12-14-24)10-9-19(25)22-18-4-2-1-3-17(18)21/h1-8H,9-14H2,(H,22,25). The lowest BCUT2D eigenvalue weighted by molar-refractivity contribution is -0.116. The first-order valence-electron chi connectivity index (χ1n) is 8.89. The maximum Gasteiger partial charge on any atom is 0.243 e. The molecule has 2 aromatic carbocycles. The molecule has 0 aromatic heterocycles. The highest BCUT2D eigenvalue weighted by Gasteiger charge is 2.28. The summed E-state index contributed by atoms with van der Waals surface area (Å²) in [7, 11) is -3.52. The number of benzene rings is 2. The van der Waals surface area contributed by atoms with E-state index < -0.39 is 10.0 Å². The van der Waals surface area contributed by atoms with Gasteiger partial charge >= 0.3 is 0 Å². The maximum atomic E-state index is 12.7. The highest BCUT2D eigenvalue weighted by atomic mass is 35.5. The number of rotatable bonds is 6. The molecule has 1 saturated heterocycles. The van der Waals surface area contributed by atoms with Crippen molar-refractivity contribution in [1.82, 2.24) is 9.21 Å². The minimum absolute atomic E-state index is 0.121. The van der Waals surface area contributed by atoms with Crippen LogP contribution >= 0.6 is 23.2 Å². The molecule has 1 aliphatic heterocycles. The van der Waals surface area contributed by atoms with Crippen molar-refractivity contribution in [3.05, 3.63) is 58.6 Å². The Labute approximate surface area is 175 Å². The fourth-order valence-electron chi connectivity index (χ4n) is 2.98. The van der Waals surface area contributed by atoms with E-state index in [-0.39, 0.29) is 10.8 Å². The summed E-state index contributed by atoms with van der Waals surface area (Å²) >= 11 is 11.9. The fourth-order valence-corrected chi connectivity index (χ4v) is 4.72. The van der Waals surface area contributed by atoms with Crippen molar-refractivity contribution >= 4 is 44.8 Å². The Morgan fingerprint density at radius 2 is 1.61 bits per heavy atom. The fraction of sp³-hybridized carbons (Fsp3) is 0.316. The van der Waals surface area contributed by atoms with E-state index >= 15 is 0 Å². The topological polar surface area (TPSA) is 69.7 Å². The van der Waals surface area contributed by atoms with Crippen LogP contribution in [0.25, 0.3) is 0 Å². The number of hydrogen-bond acceptors (Lipinski definition) is 4. The SMILES string of the molecule is O=C(CCN1CCN(S(=O)(=O)c2ccc(Cl)cc2)CC1)Nc1ccccc1Cl. The predicted octanol–water partition coefficient (Wildman–Crippen LogP) is 3.33. The summed E-state index contributed by atoms with van der Waals surface area (Å²) in [4.78, 5) is 14.5. The second-order valence-electron chi connectivity index (χ2n) is 6.48. The molecule has 0 spiro atoms. The number of nitrogens with one attached hydrogen (secondary N) is 1. The Balaban J connectivity index is 1.48. The molecule has 0 unspecified atom stereocenters. The zero-order valence-electron chi connectivity index (χ0n) is 15.1. The molecule has 150 valence electrons. The van der Waals surface area contributed by atoms with Crippen molar-refractivity contribution in [2.24, 2.45) is 0 Å². The third-order valence-corrected chi connectivity index (χ3v) is 7.08. The van der Waals surface area contributed by atoms with Gasteiger partial charge in [0.2, 0.25) is 15.9 Å². The normalized spacial score (nSPS) is 16.1. The van der Waals surface area contributed by atoms with E-state index in [1.54, 1.807) is 30.3 Å². The third kappa shape index (κ3) is 5.24. The van der Waals surface area contributed by atoms with Crippen LogP contribution in [0.5, 0.6) is 0 Å². The first kappa shape index (κ1) is 21.1. The zero-order chi connectivity index (χ0) is 20.1. The largest absolute Gasteiger partial charge is 0.325 e. The van der Waals surface area contributed by atoms with Gasteiger partial charge in [0.25, 0.3) is 0 Å². The van der Waals surface area contributed by atoms with Crippen LogP contribution in [0.4, 0.5) is 5.69 Å². The molecule has 2 aromatic rings. The average molecular weight is 442 g/mol. The molecule has 0 atom stereocenters. The zero-order valence-corrected chi connectivity index (χ0v) is 17.5. The number of hydrogen-bond donors (Lipinski definition) is 1. The lowest BCUT2D eigenvalue weighted by Crippen LogP contribution is -2.49. The molecule has 1 N–H and O–H groups in total. The van der Waals surface area contributed by atoms with E-state index in [9.17, 15) is 13.2 Å². The maximum absolute atomic E-state index is 12.7. The van der Waals surface area contributed by atoms with Crippen LogP contribution in [0.1, 0.15) is 6.42 Å². The van der Waals surface area contributed by atoms with Gasteiger partial charge in [-0.25, -0.2) is 8.42 Å². The number of nitrogens with zero attached hydrogens (tertiary/aromatic N) is 2. The Kier molecular flexibility index (Phi) is 6.95. The summed E-state index contributed by atoms with van der Waals surface area (Å²) in [6.07, 6.45) is 0.315. The molecular formula is C19H21Cl2N3O3S. The van der Waals surface area contributed by atoms with Crippen molar-refractivity contribution in [2.45, 2.75) is 11.3 Å². The number of anilines is 1. The van der Waals surface area contributed by atoms with Gasteiger partial charge in [0, 0.05) is 44.2 Å². The van der Waals surface area contributed by atoms with Crippen molar-refractivity contribution in [3.8, 4) is 0 Å². The molecule has 0 bridgehead atoms. The summed E-state index contributed by atoms with van der Waals surface area (Å²) in [5.74, 6) is -0.121. The second-order valence-corrected chi connectivity index (χ2v) is 9.26. The Morgan fingerprint density at radius 1 is 0.964 bits per heavy atom. The lowest BCUT2D eigenvalue weighted by Gasteiger charge is -2.33. The van der Waals surface area contributed by atoms with E-state index in [2.05, 4.69) is 10.2 Å². The van der Waals surface area contributed by atoms with E-state index in [1.807, 2.05) is 6.07 Å². The second kappa shape index (κ2) is 9.24. The molecule has 1 fully saturated rings. The van der Waals surface area contributed by atoms with Crippen LogP contribution in [0.3, 0.4) is 0 Å². The molecule has 1 amide bonds. The van der Waals surface area contributed by atoms with Crippen molar-refractivity contribution in [3.63, 3.8) is 0 Å².